The molecule has 152 valence electrons. The van der Waals surface area contributed by atoms with Gasteiger partial charge in [-0.2, -0.15) is 4.91 Å². The standard InChI is InChI=1S/C22H29NO5/c1-4-27-20-11-14-13-7-8-22(3)17(5-6-21(22)28-12(2)24)15(13)9-18(23-26)16(14)10-19(20)25/h10-11,13,15,17-18,21,25H,4-9H2,1-3H3/t13-,15-,17+,18?,21?,22+/m1/s1. The molecular weight excluding hydrogens is 358 g/mol. The lowest BCUT2D eigenvalue weighted by Gasteiger charge is -2.51. The molecule has 2 saturated carbocycles. The first-order valence-electron chi connectivity index (χ1n) is 10.4. The molecule has 1 aromatic carbocycles. The van der Waals surface area contributed by atoms with E-state index in [0.29, 0.717) is 36.5 Å². The van der Waals surface area contributed by atoms with Gasteiger partial charge >= 0.3 is 5.97 Å². The van der Waals surface area contributed by atoms with Gasteiger partial charge in [-0.25, -0.2) is 0 Å². The zero-order valence-corrected chi connectivity index (χ0v) is 16.8. The number of nitroso groups, excluding NO2 is 1. The van der Waals surface area contributed by atoms with Crippen LogP contribution in [0.4, 0.5) is 0 Å². The van der Waals surface area contributed by atoms with Crippen LogP contribution in [0.5, 0.6) is 11.5 Å². The number of aromatic hydroxyl groups is 1. The van der Waals surface area contributed by atoms with Crippen LogP contribution in [0.2, 0.25) is 0 Å². The smallest absolute Gasteiger partial charge is 0.302 e. The number of carbonyl (C=O) groups excluding carboxylic acids is 1. The molecule has 3 aliphatic carbocycles. The van der Waals surface area contributed by atoms with E-state index in [1.54, 1.807) is 6.07 Å². The van der Waals surface area contributed by atoms with Crippen molar-refractivity contribution >= 4 is 5.97 Å². The molecule has 0 spiro atoms. The average molecular weight is 387 g/mol. The zero-order valence-electron chi connectivity index (χ0n) is 16.8. The van der Waals surface area contributed by atoms with Crippen LogP contribution in [-0.4, -0.2) is 23.8 Å². The largest absolute Gasteiger partial charge is 0.504 e. The Hall–Kier alpha value is -2.11. The molecule has 0 amide bonds. The second-order valence-corrected chi connectivity index (χ2v) is 8.84. The third-order valence-corrected chi connectivity index (χ3v) is 7.50. The number of phenolic OH excluding ortho intramolecular Hbond substituents is 1. The quantitative estimate of drug-likeness (QED) is 0.590. The number of phenols is 1. The predicted octanol–water partition coefficient (Wildman–Crippen LogP) is 4.84. The van der Waals surface area contributed by atoms with Crippen molar-refractivity contribution in [3.63, 3.8) is 0 Å². The molecule has 1 N–H and O–H groups in total. The first-order valence-corrected chi connectivity index (χ1v) is 10.4. The second kappa shape index (κ2) is 7.05. The maximum absolute atomic E-state index is 11.7. The highest BCUT2D eigenvalue weighted by atomic mass is 16.5. The van der Waals surface area contributed by atoms with E-state index in [0.717, 1.165) is 36.8 Å². The molecule has 0 aliphatic heterocycles. The molecule has 6 heteroatoms. The highest BCUT2D eigenvalue weighted by molar-refractivity contribution is 5.66. The normalized spacial score (nSPS) is 36.0. The minimum Gasteiger partial charge on any atom is -0.504 e. The van der Waals surface area contributed by atoms with Crippen molar-refractivity contribution in [1.82, 2.24) is 0 Å². The van der Waals surface area contributed by atoms with Gasteiger partial charge < -0.3 is 14.6 Å². The summed E-state index contributed by atoms with van der Waals surface area (Å²) >= 11 is 0. The number of hydrogen-bond donors (Lipinski definition) is 1. The van der Waals surface area contributed by atoms with Gasteiger partial charge in [0, 0.05) is 12.3 Å². The van der Waals surface area contributed by atoms with Crippen molar-refractivity contribution in [2.45, 2.75) is 70.9 Å². The summed E-state index contributed by atoms with van der Waals surface area (Å²) in [5.41, 5.74) is 1.90. The van der Waals surface area contributed by atoms with Gasteiger partial charge in [-0.1, -0.05) is 12.1 Å². The van der Waals surface area contributed by atoms with E-state index in [4.69, 9.17) is 9.47 Å². The third-order valence-electron chi connectivity index (χ3n) is 7.50. The molecule has 6 atom stereocenters. The number of nitrogens with zero attached hydrogens (tertiary/aromatic N) is 1. The SMILES string of the molecule is CCOc1cc2c(cc1O)C(N=O)C[C@@H]1[C@@H]2CC[C@]2(C)C(OC(C)=O)CC[C@@H]12. The second-order valence-electron chi connectivity index (χ2n) is 8.84. The monoisotopic (exact) mass is 387 g/mol. The van der Waals surface area contributed by atoms with E-state index in [-0.39, 0.29) is 23.2 Å². The maximum Gasteiger partial charge on any atom is 0.302 e. The maximum atomic E-state index is 11.7. The Labute approximate surface area is 165 Å². The van der Waals surface area contributed by atoms with Gasteiger partial charge in [-0.15, -0.1) is 0 Å². The third kappa shape index (κ3) is 2.88. The molecule has 0 radical (unpaired) electrons. The van der Waals surface area contributed by atoms with Crippen LogP contribution in [0.1, 0.15) is 76.0 Å². The molecule has 1 aromatic rings. The van der Waals surface area contributed by atoms with E-state index in [1.807, 2.05) is 13.0 Å². The Balaban J connectivity index is 1.71. The van der Waals surface area contributed by atoms with E-state index in [2.05, 4.69) is 12.1 Å². The fourth-order valence-electron chi connectivity index (χ4n) is 6.31. The zero-order chi connectivity index (χ0) is 20.1. The number of esters is 1. The molecular formula is C22H29NO5. The van der Waals surface area contributed by atoms with Crippen molar-refractivity contribution in [3.8, 4) is 11.5 Å². The van der Waals surface area contributed by atoms with Gasteiger partial charge in [-0.05, 0) is 80.0 Å². The summed E-state index contributed by atoms with van der Waals surface area (Å²) in [6.45, 7) is 6.08. The molecule has 0 saturated heterocycles. The highest BCUT2D eigenvalue weighted by Crippen LogP contribution is 2.63. The molecule has 3 aliphatic rings. The lowest BCUT2D eigenvalue weighted by molar-refractivity contribution is -0.154. The van der Waals surface area contributed by atoms with E-state index < -0.39 is 6.04 Å². The van der Waals surface area contributed by atoms with Gasteiger partial charge in [0.15, 0.2) is 11.5 Å². The van der Waals surface area contributed by atoms with Gasteiger partial charge in [0.05, 0.1) is 6.61 Å². The number of ether oxygens (including phenoxy) is 2. The summed E-state index contributed by atoms with van der Waals surface area (Å²) in [5, 5.41) is 13.7. The summed E-state index contributed by atoms with van der Waals surface area (Å²) in [7, 11) is 0. The van der Waals surface area contributed by atoms with Gasteiger partial charge in [0.2, 0.25) is 0 Å². The Morgan fingerprint density at radius 2 is 2.07 bits per heavy atom. The van der Waals surface area contributed by atoms with Crippen molar-refractivity contribution < 1.29 is 19.4 Å². The van der Waals surface area contributed by atoms with Crippen LogP contribution in [0, 0.1) is 22.2 Å². The molecule has 0 bridgehead atoms. The minimum absolute atomic E-state index is 0.0428. The average Bonchev–Trinajstić information content (AvgIpc) is 2.98. The summed E-state index contributed by atoms with van der Waals surface area (Å²) in [5.74, 6) is 1.38. The van der Waals surface area contributed by atoms with Crippen molar-refractivity contribution in [3.05, 3.63) is 28.2 Å². The Morgan fingerprint density at radius 1 is 1.29 bits per heavy atom. The highest BCUT2D eigenvalue weighted by Gasteiger charge is 2.57. The van der Waals surface area contributed by atoms with Crippen molar-refractivity contribution in [2.75, 3.05) is 6.61 Å². The van der Waals surface area contributed by atoms with Crippen LogP contribution in [0.25, 0.3) is 0 Å². The van der Waals surface area contributed by atoms with E-state index in [1.165, 1.54) is 6.92 Å². The van der Waals surface area contributed by atoms with E-state index >= 15 is 0 Å². The van der Waals surface area contributed by atoms with Crippen LogP contribution in [0.15, 0.2) is 17.3 Å². The first-order chi connectivity index (χ1) is 13.4. The first kappa shape index (κ1) is 19.2. The number of hydrogen-bond acceptors (Lipinski definition) is 6. The molecule has 2 fully saturated rings. The fourth-order valence-corrected chi connectivity index (χ4v) is 6.31. The van der Waals surface area contributed by atoms with E-state index in [9.17, 15) is 14.8 Å². The lowest BCUT2D eigenvalue weighted by Crippen LogP contribution is -2.45. The number of rotatable bonds is 4. The van der Waals surface area contributed by atoms with Gasteiger partial charge in [0.1, 0.15) is 12.1 Å². The van der Waals surface area contributed by atoms with Crippen molar-refractivity contribution in [1.29, 1.82) is 0 Å². The molecule has 0 aromatic heterocycles. The van der Waals surface area contributed by atoms with Crippen LogP contribution in [0.3, 0.4) is 0 Å². The Bertz CT molecular complexity index is 793. The number of fused-ring (bicyclic) bond motifs is 5. The summed E-state index contributed by atoms with van der Waals surface area (Å²) in [6.07, 6.45) is 4.51. The minimum atomic E-state index is -0.451. The van der Waals surface area contributed by atoms with Crippen LogP contribution >= 0.6 is 0 Å². The van der Waals surface area contributed by atoms with Crippen molar-refractivity contribution in [2.24, 2.45) is 22.4 Å². The van der Waals surface area contributed by atoms with Gasteiger partial charge in [0.25, 0.3) is 0 Å². The number of benzene rings is 1. The van der Waals surface area contributed by atoms with Crippen LogP contribution < -0.4 is 4.74 Å². The predicted molar refractivity (Wildman–Crippen MR) is 104 cm³/mol. The molecule has 4 rings (SSSR count). The van der Waals surface area contributed by atoms with Crippen LogP contribution in [-0.2, 0) is 9.53 Å². The summed E-state index contributed by atoms with van der Waals surface area (Å²) in [6, 6.07) is 3.14. The summed E-state index contributed by atoms with van der Waals surface area (Å²) in [4.78, 5) is 23.2. The Kier molecular flexibility index (Phi) is 4.84. The lowest BCUT2D eigenvalue weighted by atomic mass is 9.54. The number of carbonyl (C=O) groups is 1. The molecule has 2 unspecified atom stereocenters. The molecule has 28 heavy (non-hydrogen) atoms. The summed E-state index contributed by atoms with van der Waals surface area (Å²) < 4.78 is 11.3. The topological polar surface area (TPSA) is 85.2 Å². The molecule has 0 heterocycles. The Morgan fingerprint density at radius 3 is 2.75 bits per heavy atom. The molecule has 6 nitrogen and oxygen atoms in total. The van der Waals surface area contributed by atoms with Gasteiger partial charge in [-0.3, -0.25) is 4.79 Å². The fraction of sp³-hybridized carbons (Fsp3) is 0.682.